The molecule has 0 radical (unpaired) electrons. The first-order valence-electron chi connectivity index (χ1n) is 6.68. The van der Waals surface area contributed by atoms with Crippen LogP contribution in [-0.4, -0.2) is 29.3 Å². The lowest BCUT2D eigenvalue weighted by Crippen LogP contribution is -2.08. The molecule has 2 rings (SSSR count). The van der Waals surface area contributed by atoms with Gasteiger partial charge in [-0.2, -0.15) is 0 Å². The Morgan fingerprint density at radius 1 is 1.10 bits per heavy atom. The van der Waals surface area contributed by atoms with E-state index in [1.807, 2.05) is 19.1 Å². The molecule has 21 heavy (non-hydrogen) atoms. The van der Waals surface area contributed by atoms with Crippen molar-refractivity contribution in [2.45, 2.75) is 13.3 Å². The fourth-order valence-electron chi connectivity index (χ4n) is 1.81. The van der Waals surface area contributed by atoms with Crippen molar-refractivity contribution in [1.82, 2.24) is 4.98 Å². The van der Waals surface area contributed by atoms with E-state index >= 15 is 0 Å². The van der Waals surface area contributed by atoms with Crippen molar-refractivity contribution in [1.29, 1.82) is 0 Å². The third-order valence-electron chi connectivity index (χ3n) is 2.88. The number of benzene rings is 1. The number of carbonyl (C=O) groups is 1. The van der Waals surface area contributed by atoms with Crippen LogP contribution >= 0.6 is 0 Å². The maximum Gasteiger partial charge on any atom is 0.339 e. The zero-order valence-corrected chi connectivity index (χ0v) is 11.8. The summed E-state index contributed by atoms with van der Waals surface area (Å²) in [4.78, 5) is 15.2. The molecule has 110 valence electrons. The molecule has 0 unspecified atom stereocenters. The molecule has 0 spiro atoms. The van der Waals surface area contributed by atoms with Gasteiger partial charge in [0.15, 0.2) is 0 Å². The average molecular weight is 287 g/mol. The molecule has 1 aromatic heterocycles. The maximum atomic E-state index is 11.0. The van der Waals surface area contributed by atoms with Crippen LogP contribution in [0.3, 0.4) is 0 Å². The molecule has 0 bridgehead atoms. The highest BCUT2D eigenvalue weighted by Gasteiger charge is 2.09. The number of rotatable bonds is 7. The summed E-state index contributed by atoms with van der Waals surface area (Å²) < 4.78 is 11.1. The molecule has 0 aliphatic heterocycles. The SMILES string of the molecule is Cc1ncccc1OCCCOc1ccccc1C(=O)O. The first-order valence-corrected chi connectivity index (χ1v) is 6.68. The normalized spacial score (nSPS) is 10.1. The maximum absolute atomic E-state index is 11.0. The summed E-state index contributed by atoms with van der Waals surface area (Å²) in [5.74, 6) is 0.138. The summed E-state index contributed by atoms with van der Waals surface area (Å²) >= 11 is 0. The third-order valence-corrected chi connectivity index (χ3v) is 2.88. The van der Waals surface area contributed by atoms with Gasteiger partial charge in [-0.05, 0) is 31.2 Å². The Morgan fingerprint density at radius 2 is 1.76 bits per heavy atom. The number of ether oxygens (including phenoxy) is 2. The zero-order chi connectivity index (χ0) is 15.1. The van der Waals surface area contributed by atoms with Gasteiger partial charge in [0.2, 0.25) is 0 Å². The van der Waals surface area contributed by atoms with Gasteiger partial charge in [-0.1, -0.05) is 12.1 Å². The molecule has 5 heteroatoms. The summed E-state index contributed by atoms with van der Waals surface area (Å²) in [6, 6.07) is 10.3. The lowest BCUT2D eigenvalue weighted by Gasteiger charge is -2.10. The fraction of sp³-hybridized carbons (Fsp3) is 0.250. The molecule has 1 aromatic carbocycles. The van der Waals surface area contributed by atoms with Crippen molar-refractivity contribution in [3.05, 3.63) is 53.9 Å². The van der Waals surface area contributed by atoms with Crippen LogP contribution in [0.1, 0.15) is 22.5 Å². The highest BCUT2D eigenvalue weighted by Crippen LogP contribution is 2.18. The minimum atomic E-state index is -0.993. The van der Waals surface area contributed by atoms with Crippen molar-refractivity contribution in [3.8, 4) is 11.5 Å². The van der Waals surface area contributed by atoms with Gasteiger partial charge in [-0.3, -0.25) is 4.98 Å². The Labute approximate surface area is 123 Å². The monoisotopic (exact) mass is 287 g/mol. The van der Waals surface area contributed by atoms with Crippen LogP contribution in [0.25, 0.3) is 0 Å². The number of aromatic nitrogens is 1. The van der Waals surface area contributed by atoms with Crippen molar-refractivity contribution in [2.24, 2.45) is 0 Å². The van der Waals surface area contributed by atoms with Crippen LogP contribution < -0.4 is 9.47 Å². The third kappa shape index (κ3) is 4.21. The van der Waals surface area contributed by atoms with E-state index in [2.05, 4.69) is 4.98 Å². The average Bonchev–Trinajstić information content (AvgIpc) is 2.49. The van der Waals surface area contributed by atoms with E-state index in [0.29, 0.717) is 25.4 Å². The van der Waals surface area contributed by atoms with E-state index in [4.69, 9.17) is 14.6 Å². The molecular weight excluding hydrogens is 270 g/mol. The topological polar surface area (TPSA) is 68.7 Å². The molecule has 5 nitrogen and oxygen atoms in total. The van der Waals surface area contributed by atoms with Crippen LogP contribution in [0.15, 0.2) is 42.6 Å². The molecule has 1 heterocycles. The molecule has 1 N–H and O–H groups in total. The molecular formula is C16H17NO4. The number of aryl methyl sites for hydroxylation is 1. The van der Waals surface area contributed by atoms with E-state index < -0.39 is 5.97 Å². The molecule has 2 aromatic rings. The number of aromatic carboxylic acids is 1. The summed E-state index contributed by atoms with van der Waals surface area (Å²) in [5, 5.41) is 9.04. The highest BCUT2D eigenvalue weighted by atomic mass is 16.5. The van der Waals surface area contributed by atoms with Gasteiger partial charge >= 0.3 is 5.97 Å². The minimum absolute atomic E-state index is 0.168. The number of hydrogen-bond donors (Lipinski definition) is 1. The molecule has 0 atom stereocenters. The van der Waals surface area contributed by atoms with Gasteiger partial charge < -0.3 is 14.6 Å². The van der Waals surface area contributed by atoms with Gasteiger partial charge in [0, 0.05) is 12.6 Å². The Balaban J connectivity index is 1.78. The zero-order valence-electron chi connectivity index (χ0n) is 11.8. The summed E-state index contributed by atoms with van der Waals surface area (Å²) in [7, 11) is 0. The van der Waals surface area contributed by atoms with Crippen LogP contribution in [0.4, 0.5) is 0 Å². The highest BCUT2D eigenvalue weighted by molar-refractivity contribution is 5.90. The van der Waals surface area contributed by atoms with Gasteiger partial charge in [0.1, 0.15) is 17.1 Å². The number of carboxylic acids is 1. The molecule has 0 fully saturated rings. The molecule has 0 aliphatic rings. The Hall–Kier alpha value is -2.56. The first-order chi connectivity index (χ1) is 10.2. The quantitative estimate of drug-likeness (QED) is 0.793. The van der Waals surface area contributed by atoms with Crippen molar-refractivity contribution < 1.29 is 19.4 Å². The number of pyridine rings is 1. The summed E-state index contributed by atoms with van der Waals surface area (Å²) in [5.41, 5.74) is 1.01. The lowest BCUT2D eigenvalue weighted by atomic mass is 10.2. The predicted octanol–water partition coefficient (Wildman–Crippen LogP) is 2.94. The summed E-state index contributed by atoms with van der Waals surface area (Å²) in [6.45, 7) is 2.76. The van der Waals surface area contributed by atoms with Gasteiger partial charge in [0.25, 0.3) is 0 Å². The molecule has 0 amide bonds. The molecule has 0 aliphatic carbocycles. The second-order valence-corrected chi connectivity index (χ2v) is 4.44. The fourth-order valence-corrected chi connectivity index (χ4v) is 1.81. The van der Waals surface area contributed by atoms with Crippen LogP contribution in [0.5, 0.6) is 11.5 Å². The van der Waals surface area contributed by atoms with E-state index in [-0.39, 0.29) is 5.56 Å². The first kappa shape index (κ1) is 14.8. The standard InChI is InChI=1S/C16H17NO4/c1-12-14(8-4-9-17-12)20-10-5-11-21-15-7-3-2-6-13(15)16(18)19/h2-4,6-9H,5,10-11H2,1H3,(H,18,19). The molecule has 0 saturated carbocycles. The van der Waals surface area contributed by atoms with Crippen molar-refractivity contribution in [2.75, 3.05) is 13.2 Å². The second kappa shape index (κ2) is 7.28. The van der Waals surface area contributed by atoms with E-state index in [0.717, 1.165) is 11.4 Å². The number of para-hydroxylation sites is 1. The number of nitrogens with zero attached hydrogens (tertiary/aromatic N) is 1. The Bertz CT molecular complexity index is 613. The largest absolute Gasteiger partial charge is 0.493 e. The van der Waals surface area contributed by atoms with Gasteiger partial charge in [-0.25, -0.2) is 4.79 Å². The van der Waals surface area contributed by atoms with E-state index in [1.54, 1.807) is 24.4 Å². The Kier molecular flexibility index (Phi) is 5.15. The predicted molar refractivity (Wildman–Crippen MR) is 78.0 cm³/mol. The van der Waals surface area contributed by atoms with Crippen LogP contribution in [0, 0.1) is 6.92 Å². The lowest BCUT2D eigenvalue weighted by molar-refractivity contribution is 0.0692. The van der Waals surface area contributed by atoms with E-state index in [9.17, 15) is 4.79 Å². The number of hydrogen-bond acceptors (Lipinski definition) is 4. The van der Waals surface area contributed by atoms with Crippen molar-refractivity contribution >= 4 is 5.97 Å². The number of carboxylic acid groups (broad SMARTS) is 1. The van der Waals surface area contributed by atoms with Crippen molar-refractivity contribution in [3.63, 3.8) is 0 Å². The summed E-state index contributed by atoms with van der Waals surface area (Å²) in [6.07, 6.45) is 2.37. The molecule has 0 saturated heterocycles. The van der Waals surface area contributed by atoms with E-state index in [1.165, 1.54) is 6.07 Å². The minimum Gasteiger partial charge on any atom is -0.493 e. The van der Waals surface area contributed by atoms with Crippen LogP contribution in [0.2, 0.25) is 0 Å². The van der Waals surface area contributed by atoms with Gasteiger partial charge in [0.05, 0.1) is 18.9 Å². The smallest absolute Gasteiger partial charge is 0.339 e. The van der Waals surface area contributed by atoms with Crippen LogP contribution in [-0.2, 0) is 0 Å². The van der Waals surface area contributed by atoms with Gasteiger partial charge in [-0.15, -0.1) is 0 Å². The Morgan fingerprint density at radius 3 is 2.48 bits per heavy atom. The second-order valence-electron chi connectivity index (χ2n) is 4.44.